The summed E-state index contributed by atoms with van der Waals surface area (Å²) in [6, 6.07) is 7.61. The molecule has 0 unspecified atom stereocenters. The maximum absolute atomic E-state index is 12.1. The summed E-state index contributed by atoms with van der Waals surface area (Å²) in [5, 5.41) is 0.705. The summed E-state index contributed by atoms with van der Waals surface area (Å²) in [7, 11) is -3.16. The minimum absolute atomic E-state index is 0.136. The van der Waals surface area contributed by atoms with Crippen molar-refractivity contribution in [1.29, 1.82) is 0 Å². The SMILES string of the molecule is O=S(=O)(CCCCl)N1CCN(c2ccc(Cl)cc2)CC1. The lowest BCUT2D eigenvalue weighted by Gasteiger charge is -2.35. The van der Waals surface area contributed by atoms with Crippen molar-refractivity contribution >= 4 is 38.9 Å². The molecular weight excluding hydrogens is 319 g/mol. The third kappa shape index (κ3) is 4.01. The third-order valence-corrected chi connectivity index (χ3v) is 5.84. The highest BCUT2D eigenvalue weighted by Gasteiger charge is 2.26. The number of hydrogen-bond acceptors (Lipinski definition) is 3. The summed E-state index contributed by atoms with van der Waals surface area (Å²) in [5.74, 6) is 0.515. The Bertz CT molecular complexity index is 526. The molecule has 7 heteroatoms. The van der Waals surface area contributed by atoms with E-state index < -0.39 is 10.0 Å². The Kier molecular flexibility index (Phi) is 5.55. The van der Waals surface area contributed by atoms with Crippen LogP contribution in [-0.2, 0) is 10.0 Å². The zero-order valence-electron chi connectivity index (χ0n) is 11.1. The molecule has 0 saturated carbocycles. The number of rotatable bonds is 5. The second-order valence-corrected chi connectivity index (χ2v) is 7.62. The third-order valence-electron chi connectivity index (χ3n) is 3.36. The lowest BCUT2D eigenvalue weighted by molar-refractivity contribution is 0.384. The van der Waals surface area contributed by atoms with Gasteiger partial charge in [0.1, 0.15) is 0 Å². The van der Waals surface area contributed by atoms with Gasteiger partial charge in [0.15, 0.2) is 0 Å². The molecule has 1 saturated heterocycles. The normalized spacial score (nSPS) is 17.4. The molecule has 0 spiro atoms. The molecule has 1 aromatic carbocycles. The Morgan fingerprint density at radius 2 is 1.65 bits per heavy atom. The number of hydrogen-bond donors (Lipinski definition) is 0. The van der Waals surface area contributed by atoms with Crippen LogP contribution in [0.15, 0.2) is 24.3 Å². The monoisotopic (exact) mass is 336 g/mol. The maximum Gasteiger partial charge on any atom is 0.214 e. The predicted octanol–water partition coefficient (Wildman–Crippen LogP) is 2.42. The highest BCUT2D eigenvalue weighted by molar-refractivity contribution is 7.89. The molecular formula is C13H18Cl2N2O2S. The second-order valence-electron chi connectivity index (χ2n) is 4.72. The van der Waals surface area contributed by atoms with Crippen LogP contribution in [0.3, 0.4) is 0 Å². The molecule has 0 atom stereocenters. The number of sulfonamides is 1. The van der Waals surface area contributed by atoms with Crippen LogP contribution in [0.1, 0.15) is 6.42 Å². The van der Waals surface area contributed by atoms with Gasteiger partial charge in [-0.1, -0.05) is 11.6 Å². The largest absolute Gasteiger partial charge is 0.369 e. The summed E-state index contributed by atoms with van der Waals surface area (Å²) < 4.78 is 25.7. The molecule has 0 amide bonds. The first-order chi connectivity index (χ1) is 9.53. The van der Waals surface area contributed by atoms with Crippen LogP contribution >= 0.6 is 23.2 Å². The Hall–Kier alpha value is -0.490. The quantitative estimate of drug-likeness (QED) is 0.775. The molecule has 4 nitrogen and oxygen atoms in total. The minimum atomic E-state index is -3.16. The fourth-order valence-electron chi connectivity index (χ4n) is 2.24. The van der Waals surface area contributed by atoms with Gasteiger partial charge in [0.05, 0.1) is 5.75 Å². The molecule has 1 fully saturated rings. The van der Waals surface area contributed by atoms with Crippen LogP contribution < -0.4 is 4.90 Å². The number of anilines is 1. The van der Waals surface area contributed by atoms with Gasteiger partial charge in [0, 0.05) is 42.8 Å². The summed E-state index contributed by atoms with van der Waals surface area (Å²) >= 11 is 11.4. The molecule has 2 rings (SSSR count). The second kappa shape index (κ2) is 6.98. The van der Waals surface area contributed by atoms with E-state index >= 15 is 0 Å². The average Bonchev–Trinajstić information content (AvgIpc) is 2.46. The van der Waals surface area contributed by atoms with E-state index in [2.05, 4.69) is 4.90 Å². The van der Waals surface area contributed by atoms with Crippen molar-refractivity contribution in [2.75, 3.05) is 42.7 Å². The summed E-state index contributed by atoms with van der Waals surface area (Å²) in [6.07, 6.45) is 0.501. The van der Waals surface area contributed by atoms with Gasteiger partial charge in [-0.05, 0) is 30.7 Å². The fraction of sp³-hybridized carbons (Fsp3) is 0.538. The van der Waals surface area contributed by atoms with Crippen molar-refractivity contribution in [2.45, 2.75) is 6.42 Å². The Morgan fingerprint density at radius 3 is 2.20 bits per heavy atom. The highest BCUT2D eigenvalue weighted by atomic mass is 35.5. The molecule has 1 aliphatic rings. The Morgan fingerprint density at radius 1 is 1.05 bits per heavy atom. The van der Waals surface area contributed by atoms with E-state index in [0.29, 0.717) is 43.5 Å². The van der Waals surface area contributed by atoms with E-state index in [1.807, 2.05) is 24.3 Å². The van der Waals surface area contributed by atoms with Crippen molar-refractivity contribution in [3.63, 3.8) is 0 Å². The van der Waals surface area contributed by atoms with E-state index in [1.54, 1.807) is 4.31 Å². The van der Waals surface area contributed by atoms with Gasteiger partial charge >= 0.3 is 0 Å². The standard InChI is InChI=1S/C13H18Cl2N2O2S/c14-6-1-11-20(18,19)17-9-7-16(8-10-17)13-4-2-12(15)3-5-13/h2-5H,1,6-11H2. The number of halogens is 2. The number of benzene rings is 1. The van der Waals surface area contributed by atoms with Gasteiger partial charge < -0.3 is 4.90 Å². The Labute approximate surface area is 130 Å². The number of alkyl halides is 1. The van der Waals surface area contributed by atoms with Crippen LogP contribution in [0.5, 0.6) is 0 Å². The van der Waals surface area contributed by atoms with E-state index in [-0.39, 0.29) is 5.75 Å². The highest BCUT2D eigenvalue weighted by Crippen LogP contribution is 2.20. The zero-order chi connectivity index (χ0) is 14.6. The maximum atomic E-state index is 12.1. The van der Waals surface area contributed by atoms with Gasteiger partial charge in [-0.3, -0.25) is 0 Å². The summed E-state index contributed by atoms with van der Waals surface area (Å²) in [5.41, 5.74) is 1.08. The van der Waals surface area contributed by atoms with Crippen LogP contribution in [0.2, 0.25) is 5.02 Å². The topological polar surface area (TPSA) is 40.6 Å². The first-order valence-electron chi connectivity index (χ1n) is 6.57. The van der Waals surface area contributed by atoms with Gasteiger partial charge in [-0.15, -0.1) is 11.6 Å². The van der Waals surface area contributed by atoms with Gasteiger partial charge in [-0.25, -0.2) is 8.42 Å². The van der Waals surface area contributed by atoms with Crippen LogP contribution in [-0.4, -0.2) is 50.5 Å². The molecule has 0 radical (unpaired) electrons. The lowest BCUT2D eigenvalue weighted by Crippen LogP contribution is -2.49. The van der Waals surface area contributed by atoms with E-state index in [0.717, 1.165) is 5.69 Å². The van der Waals surface area contributed by atoms with Crippen molar-refractivity contribution in [3.8, 4) is 0 Å². The van der Waals surface area contributed by atoms with Crippen molar-refractivity contribution in [2.24, 2.45) is 0 Å². The molecule has 1 aliphatic heterocycles. The smallest absolute Gasteiger partial charge is 0.214 e. The predicted molar refractivity (Wildman–Crippen MR) is 84.4 cm³/mol. The fourth-order valence-corrected chi connectivity index (χ4v) is 4.15. The van der Waals surface area contributed by atoms with Gasteiger partial charge in [0.2, 0.25) is 10.0 Å². The van der Waals surface area contributed by atoms with E-state index in [4.69, 9.17) is 23.2 Å². The van der Waals surface area contributed by atoms with E-state index in [1.165, 1.54) is 0 Å². The van der Waals surface area contributed by atoms with Crippen molar-refractivity contribution in [3.05, 3.63) is 29.3 Å². The molecule has 1 heterocycles. The van der Waals surface area contributed by atoms with E-state index in [9.17, 15) is 8.42 Å². The first-order valence-corrected chi connectivity index (χ1v) is 9.09. The molecule has 20 heavy (non-hydrogen) atoms. The molecule has 1 aromatic rings. The first kappa shape index (κ1) is 15.9. The minimum Gasteiger partial charge on any atom is -0.369 e. The molecule has 0 aromatic heterocycles. The molecule has 0 N–H and O–H groups in total. The molecule has 0 bridgehead atoms. The average molecular weight is 337 g/mol. The van der Waals surface area contributed by atoms with Crippen molar-refractivity contribution < 1.29 is 8.42 Å². The molecule has 0 aliphatic carbocycles. The summed E-state index contributed by atoms with van der Waals surface area (Å²) in [6.45, 7) is 2.43. The van der Waals surface area contributed by atoms with Crippen LogP contribution in [0, 0.1) is 0 Å². The Balaban J connectivity index is 1.93. The lowest BCUT2D eigenvalue weighted by atomic mass is 10.2. The van der Waals surface area contributed by atoms with Crippen LogP contribution in [0.4, 0.5) is 5.69 Å². The molecule has 112 valence electrons. The van der Waals surface area contributed by atoms with Gasteiger partial charge in [-0.2, -0.15) is 4.31 Å². The number of nitrogens with zero attached hydrogens (tertiary/aromatic N) is 2. The van der Waals surface area contributed by atoms with Crippen molar-refractivity contribution in [1.82, 2.24) is 4.31 Å². The number of piperazine rings is 1. The zero-order valence-corrected chi connectivity index (χ0v) is 13.5. The van der Waals surface area contributed by atoms with Crippen LogP contribution in [0.25, 0.3) is 0 Å². The summed E-state index contributed by atoms with van der Waals surface area (Å²) in [4.78, 5) is 2.17. The van der Waals surface area contributed by atoms with Gasteiger partial charge in [0.25, 0.3) is 0 Å².